The van der Waals surface area contributed by atoms with Crippen molar-refractivity contribution in [3.05, 3.63) is 97.2 Å². The minimum Gasteiger partial charge on any atom is -0.462 e. The predicted molar refractivity (Wildman–Crippen MR) is 311 cm³/mol. The van der Waals surface area contributed by atoms with Gasteiger partial charge in [0.15, 0.2) is 6.10 Å². The first-order valence-corrected chi connectivity index (χ1v) is 30.2. The molecule has 0 fully saturated rings. The molecule has 0 aromatic rings. The van der Waals surface area contributed by atoms with Crippen LogP contribution in [-0.4, -0.2) is 37.2 Å². The summed E-state index contributed by atoms with van der Waals surface area (Å²) in [6.45, 7) is 6.39. The molecule has 6 nitrogen and oxygen atoms in total. The van der Waals surface area contributed by atoms with E-state index >= 15 is 0 Å². The van der Waals surface area contributed by atoms with Crippen molar-refractivity contribution in [2.75, 3.05) is 13.2 Å². The number of hydrogen-bond donors (Lipinski definition) is 0. The Balaban J connectivity index is 4.19. The normalized spacial score (nSPS) is 12.8. The zero-order chi connectivity index (χ0) is 52.2. The number of unbranched alkanes of at least 4 members (excludes halogenated alkanes) is 27. The number of ether oxygens (including phenoxy) is 3. The van der Waals surface area contributed by atoms with Crippen LogP contribution in [0, 0.1) is 0 Å². The number of hydrogen-bond acceptors (Lipinski definition) is 6. The van der Waals surface area contributed by atoms with Crippen molar-refractivity contribution in [3.8, 4) is 0 Å². The lowest BCUT2D eigenvalue weighted by atomic mass is 10.0. The van der Waals surface area contributed by atoms with Crippen molar-refractivity contribution in [2.45, 2.75) is 290 Å². The Morgan fingerprint density at radius 3 is 0.847 bits per heavy atom. The Kier molecular flexibility index (Phi) is 56.8. The van der Waals surface area contributed by atoms with E-state index in [1.165, 1.54) is 122 Å². The van der Waals surface area contributed by atoms with Gasteiger partial charge in [0.25, 0.3) is 0 Å². The van der Waals surface area contributed by atoms with Gasteiger partial charge in [-0.15, -0.1) is 0 Å². The smallest absolute Gasteiger partial charge is 0.306 e. The van der Waals surface area contributed by atoms with Crippen molar-refractivity contribution < 1.29 is 28.6 Å². The molecule has 0 aromatic heterocycles. The van der Waals surface area contributed by atoms with Crippen molar-refractivity contribution in [2.24, 2.45) is 0 Å². The maximum atomic E-state index is 12.8. The molecule has 0 rings (SSSR count). The molecule has 0 N–H and O–H groups in total. The molecule has 412 valence electrons. The molecule has 6 heteroatoms. The lowest BCUT2D eigenvalue weighted by Crippen LogP contribution is -2.30. The van der Waals surface area contributed by atoms with Gasteiger partial charge in [-0.25, -0.2) is 0 Å². The second-order valence-electron chi connectivity index (χ2n) is 19.9. The monoisotopic (exact) mass is 1000 g/mol. The van der Waals surface area contributed by atoms with Gasteiger partial charge in [-0.05, 0) is 96.3 Å². The van der Waals surface area contributed by atoms with E-state index in [-0.39, 0.29) is 31.1 Å². The molecule has 1 unspecified atom stereocenters. The summed E-state index contributed by atoms with van der Waals surface area (Å²) in [7, 11) is 0. The molecule has 0 bridgehead atoms. The summed E-state index contributed by atoms with van der Waals surface area (Å²) in [4.78, 5) is 38.1. The Morgan fingerprint density at radius 2 is 0.542 bits per heavy atom. The molecular formula is C66H112O6. The zero-order valence-corrected chi connectivity index (χ0v) is 47.2. The highest BCUT2D eigenvalue weighted by Gasteiger charge is 2.19. The van der Waals surface area contributed by atoms with Crippen LogP contribution in [0.5, 0.6) is 0 Å². The highest BCUT2D eigenvalue weighted by molar-refractivity contribution is 5.71. The van der Waals surface area contributed by atoms with Crippen LogP contribution in [0.2, 0.25) is 0 Å². The average molecular weight is 1000 g/mol. The first-order valence-electron chi connectivity index (χ1n) is 30.2. The van der Waals surface area contributed by atoms with E-state index in [1.54, 1.807) is 0 Å². The first kappa shape index (κ1) is 68.3. The van der Waals surface area contributed by atoms with E-state index in [0.29, 0.717) is 19.3 Å². The van der Waals surface area contributed by atoms with E-state index < -0.39 is 6.10 Å². The van der Waals surface area contributed by atoms with Crippen LogP contribution in [0.4, 0.5) is 0 Å². The molecule has 0 saturated carbocycles. The van der Waals surface area contributed by atoms with Gasteiger partial charge in [0.2, 0.25) is 0 Å². The third-order valence-corrected chi connectivity index (χ3v) is 12.8. The fourth-order valence-electron chi connectivity index (χ4n) is 8.37. The minimum absolute atomic E-state index is 0.0814. The van der Waals surface area contributed by atoms with Gasteiger partial charge in [0, 0.05) is 19.3 Å². The summed E-state index contributed by atoms with van der Waals surface area (Å²) in [6.07, 6.45) is 79.9. The Labute approximate surface area is 445 Å². The molecule has 0 heterocycles. The molecule has 0 aliphatic rings. The molecule has 1 atom stereocenters. The van der Waals surface area contributed by atoms with Gasteiger partial charge < -0.3 is 14.2 Å². The van der Waals surface area contributed by atoms with Crippen LogP contribution in [-0.2, 0) is 28.6 Å². The number of rotatable bonds is 54. The quantitative estimate of drug-likeness (QED) is 0.0261. The fourth-order valence-corrected chi connectivity index (χ4v) is 8.37. The van der Waals surface area contributed by atoms with Gasteiger partial charge >= 0.3 is 17.9 Å². The predicted octanol–water partition coefficient (Wildman–Crippen LogP) is 20.5. The second-order valence-corrected chi connectivity index (χ2v) is 19.9. The third-order valence-electron chi connectivity index (χ3n) is 12.8. The summed E-state index contributed by atoms with van der Waals surface area (Å²) in [5, 5.41) is 0. The second kappa shape index (κ2) is 59.9. The lowest BCUT2D eigenvalue weighted by molar-refractivity contribution is -0.167. The number of esters is 3. The standard InChI is InChI=1S/C66H112O6/c1-4-7-10-13-16-19-21-23-25-27-29-30-31-32-33-34-35-36-38-39-41-43-45-47-50-53-56-59-65(68)71-62-63(61-70-64(67)58-55-52-49-18-15-12-9-6-3)72-66(69)60-57-54-51-48-46-44-42-40-37-28-26-24-22-20-17-14-11-8-5-2/h7-8,10-11,16-17,19-20,23-26,29-30,37,40,63H,4-6,9,12-15,18,21-22,27-28,31-36,38-39,41-62H2,1-3H3/b10-7-,11-8-,19-16-,20-17-,25-23-,26-24-,30-29-,40-37-. The van der Waals surface area contributed by atoms with Gasteiger partial charge in [-0.1, -0.05) is 266 Å². The van der Waals surface area contributed by atoms with Crippen LogP contribution in [0.3, 0.4) is 0 Å². The molecule has 0 radical (unpaired) electrons. The van der Waals surface area contributed by atoms with Crippen LogP contribution in [0.25, 0.3) is 0 Å². The molecular weight excluding hydrogens is 889 g/mol. The van der Waals surface area contributed by atoms with Gasteiger partial charge in [0.1, 0.15) is 13.2 Å². The minimum atomic E-state index is -0.783. The average Bonchev–Trinajstić information content (AvgIpc) is 3.38. The lowest BCUT2D eigenvalue weighted by Gasteiger charge is -2.18. The van der Waals surface area contributed by atoms with E-state index in [0.717, 1.165) is 122 Å². The fraction of sp³-hybridized carbons (Fsp3) is 0.712. The van der Waals surface area contributed by atoms with E-state index in [9.17, 15) is 14.4 Å². The van der Waals surface area contributed by atoms with Crippen molar-refractivity contribution in [1.82, 2.24) is 0 Å². The van der Waals surface area contributed by atoms with Crippen LogP contribution >= 0.6 is 0 Å². The highest BCUT2D eigenvalue weighted by atomic mass is 16.6. The summed E-state index contributed by atoms with van der Waals surface area (Å²) in [5.74, 6) is -0.894. The largest absolute Gasteiger partial charge is 0.462 e. The van der Waals surface area contributed by atoms with Gasteiger partial charge in [0.05, 0.1) is 0 Å². The molecule has 0 aromatic carbocycles. The van der Waals surface area contributed by atoms with E-state index in [2.05, 4.69) is 118 Å². The number of carbonyl (C=O) groups is 3. The summed E-state index contributed by atoms with van der Waals surface area (Å²) < 4.78 is 16.8. The number of carbonyl (C=O) groups excluding carboxylic acids is 3. The van der Waals surface area contributed by atoms with E-state index in [4.69, 9.17) is 14.2 Å². The van der Waals surface area contributed by atoms with Crippen LogP contribution < -0.4 is 0 Å². The summed E-state index contributed by atoms with van der Waals surface area (Å²) in [5.41, 5.74) is 0. The molecule has 0 amide bonds. The molecule has 0 saturated heterocycles. The van der Waals surface area contributed by atoms with Crippen LogP contribution in [0.15, 0.2) is 97.2 Å². The van der Waals surface area contributed by atoms with E-state index in [1.807, 2.05) is 0 Å². The van der Waals surface area contributed by atoms with Crippen LogP contribution in [0.1, 0.15) is 284 Å². The van der Waals surface area contributed by atoms with Gasteiger partial charge in [-0.2, -0.15) is 0 Å². The van der Waals surface area contributed by atoms with Gasteiger partial charge in [-0.3, -0.25) is 14.4 Å². The first-order chi connectivity index (χ1) is 35.5. The number of allylic oxidation sites excluding steroid dienone is 16. The van der Waals surface area contributed by atoms with Crippen molar-refractivity contribution >= 4 is 17.9 Å². The third kappa shape index (κ3) is 57.2. The zero-order valence-electron chi connectivity index (χ0n) is 47.2. The molecule has 72 heavy (non-hydrogen) atoms. The Morgan fingerprint density at radius 1 is 0.292 bits per heavy atom. The topological polar surface area (TPSA) is 78.9 Å². The SMILES string of the molecule is CC/C=C\C/C=C\C/C=C\C/C=C\CCCCCCCCCCCCCCCCC(=O)OCC(COC(=O)CCCCCCCCCC)OC(=O)CCCCCCCC/C=C\C/C=C\C/C=C\C/C=C\CC. The maximum Gasteiger partial charge on any atom is 0.306 e. The molecule has 0 aliphatic heterocycles. The van der Waals surface area contributed by atoms with Crippen molar-refractivity contribution in [3.63, 3.8) is 0 Å². The molecule has 0 aliphatic carbocycles. The highest BCUT2D eigenvalue weighted by Crippen LogP contribution is 2.16. The summed E-state index contributed by atoms with van der Waals surface area (Å²) in [6, 6.07) is 0. The summed E-state index contributed by atoms with van der Waals surface area (Å²) >= 11 is 0. The Hall–Kier alpha value is -3.67. The Bertz CT molecular complexity index is 1430. The molecule has 0 spiro atoms. The maximum absolute atomic E-state index is 12.8. The van der Waals surface area contributed by atoms with Crippen molar-refractivity contribution in [1.29, 1.82) is 0 Å².